The van der Waals surface area contributed by atoms with Crippen LogP contribution in [0.25, 0.3) is 10.9 Å². The summed E-state index contributed by atoms with van der Waals surface area (Å²) in [4.78, 5) is 4.53. The van der Waals surface area contributed by atoms with Crippen LogP contribution < -0.4 is 5.32 Å². The van der Waals surface area contributed by atoms with Gasteiger partial charge in [-0.2, -0.15) is 5.26 Å². The van der Waals surface area contributed by atoms with E-state index in [2.05, 4.69) is 16.4 Å². The van der Waals surface area contributed by atoms with Crippen molar-refractivity contribution in [2.75, 3.05) is 5.32 Å². The molecule has 3 heteroatoms. The normalized spacial score (nSPS) is 10.2. The van der Waals surface area contributed by atoms with Crippen LogP contribution in [0.5, 0.6) is 0 Å². The van der Waals surface area contributed by atoms with Crippen LogP contribution in [0, 0.1) is 11.3 Å². The maximum Gasteiger partial charge on any atom is 0.144 e. The molecule has 0 atom stereocenters. The Morgan fingerprint density at radius 3 is 2.55 bits per heavy atom. The molecule has 1 heterocycles. The number of pyridine rings is 1. The molecule has 3 aromatic rings. The zero-order valence-electron chi connectivity index (χ0n) is 10.9. The molecule has 0 unspecified atom stereocenters. The molecule has 20 heavy (non-hydrogen) atoms. The third-order valence-corrected chi connectivity index (χ3v) is 3.15. The molecule has 0 aliphatic heterocycles. The maximum atomic E-state index is 9.25. The van der Waals surface area contributed by atoms with E-state index in [4.69, 9.17) is 0 Å². The van der Waals surface area contributed by atoms with Gasteiger partial charge in [0.15, 0.2) is 0 Å². The Morgan fingerprint density at radius 1 is 1.00 bits per heavy atom. The van der Waals surface area contributed by atoms with E-state index in [1.807, 2.05) is 60.7 Å². The van der Waals surface area contributed by atoms with Crippen molar-refractivity contribution in [1.29, 1.82) is 5.26 Å². The van der Waals surface area contributed by atoms with Gasteiger partial charge in [0.1, 0.15) is 11.9 Å². The van der Waals surface area contributed by atoms with Crippen LogP contribution >= 0.6 is 0 Å². The SMILES string of the molecule is N#Cc1cc2ccccc2nc1NCc1ccccc1. The lowest BCUT2D eigenvalue weighted by Gasteiger charge is -2.08. The fraction of sp³-hybridized carbons (Fsp3) is 0.0588. The highest BCUT2D eigenvalue weighted by atomic mass is 15.0. The van der Waals surface area contributed by atoms with E-state index >= 15 is 0 Å². The van der Waals surface area contributed by atoms with Crippen molar-refractivity contribution in [3.05, 3.63) is 71.8 Å². The number of nitriles is 1. The molecule has 0 bridgehead atoms. The van der Waals surface area contributed by atoms with Gasteiger partial charge >= 0.3 is 0 Å². The Morgan fingerprint density at radius 2 is 1.75 bits per heavy atom. The minimum atomic E-state index is 0.569. The molecule has 0 saturated carbocycles. The number of aromatic nitrogens is 1. The predicted molar refractivity (Wildman–Crippen MR) is 80.2 cm³/mol. The summed E-state index contributed by atoms with van der Waals surface area (Å²) < 4.78 is 0. The third kappa shape index (κ3) is 2.45. The fourth-order valence-corrected chi connectivity index (χ4v) is 2.12. The van der Waals surface area contributed by atoms with E-state index in [0.717, 1.165) is 16.5 Å². The van der Waals surface area contributed by atoms with Crippen molar-refractivity contribution >= 4 is 16.7 Å². The molecule has 3 rings (SSSR count). The number of nitrogens with zero attached hydrogens (tertiary/aromatic N) is 2. The summed E-state index contributed by atoms with van der Waals surface area (Å²) in [5, 5.41) is 13.5. The molecule has 0 fully saturated rings. The van der Waals surface area contributed by atoms with Gasteiger partial charge in [-0.25, -0.2) is 4.98 Å². The van der Waals surface area contributed by atoms with Crippen molar-refractivity contribution in [3.63, 3.8) is 0 Å². The second-order valence-electron chi connectivity index (χ2n) is 4.53. The summed E-state index contributed by atoms with van der Waals surface area (Å²) in [7, 11) is 0. The van der Waals surface area contributed by atoms with Crippen molar-refractivity contribution in [2.24, 2.45) is 0 Å². The average molecular weight is 259 g/mol. The smallest absolute Gasteiger partial charge is 0.144 e. The molecular formula is C17H13N3. The quantitative estimate of drug-likeness (QED) is 0.779. The fourth-order valence-electron chi connectivity index (χ4n) is 2.12. The molecule has 2 aromatic carbocycles. The largest absolute Gasteiger partial charge is 0.365 e. The molecule has 0 amide bonds. The summed E-state index contributed by atoms with van der Waals surface area (Å²) in [6.45, 7) is 0.654. The van der Waals surface area contributed by atoms with Crippen LogP contribution in [-0.2, 0) is 6.54 Å². The highest BCUT2D eigenvalue weighted by Gasteiger charge is 2.06. The lowest BCUT2D eigenvalue weighted by Crippen LogP contribution is -2.03. The topological polar surface area (TPSA) is 48.7 Å². The van der Waals surface area contributed by atoms with E-state index < -0.39 is 0 Å². The second-order valence-corrected chi connectivity index (χ2v) is 4.53. The summed E-state index contributed by atoms with van der Waals surface area (Å²) in [6, 6.07) is 21.9. The van der Waals surface area contributed by atoms with Crippen LogP contribution in [0.2, 0.25) is 0 Å². The molecule has 1 N–H and O–H groups in total. The van der Waals surface area contributed by atoms with Crippen molar-refractivity contribution in [1.82, 2.24) is 4.98 Å². The van der Waals surface area contributed by atoms with Crippen LogP contribution in [0.15, 0.2) is 60.7 Å². The first-order valence-corrected chi connectivity index (χ1v) is 6.44. The van der Waals surface area contributed by atoms with Crippen molar-refractivity contribution < 1.29 is 0 Å². The van der Waals surface area contributed by atoms with Gasteiger partial charge in [0.25, 0.3) is 0 Å². The highest BCUT2D eigenvalue weighted by Crippen LogP contribution is 2.20. The van der Waals surface area contributed by atoms with E-state index in [1.54, 1.807) is 0 Å². The average Bonchev–Trinajstić information content (AvgIpc) is 2.53. The zero-order valence-corrected chi connectivity index (χ0v) is 10.9. The Labute approximate surface area is 117 Å². The van der Waals surface area contributed by atoms with Crippen LogP contribution in [0.1, 0.15) is 11.1 Å². The number of benzene rings is 2. The standard InChI is InChI=1S/C17H13N3/c18-11-15-10-14-8-4-5-9-16(14)20-17(15)19-12-13-6-2-1-3-7-13/h1-10H,12H2,(H,19,20). The van der Waals surface area contributed by atoms with Gasteiger partial charge < -0.3 is 5.32 Å². The highest BCUT2D eigenvalue weighted by molar-refractivity contribution is 5.82. The third-order valence-electron chi connectivity index (χ3n) is 3.15. The lowest BCUT2D eigenvalue weighted by atomic mass is 10.1. The monoisotopic (exact) mass is 259 g/mol. The first-order valence-electron chi connectivity index (χ1n) is 6.44. The van der Waals surface area contributed by atoms with Gasteiger partial charge in [0, 0.05) is 11.9 Å². The molecule has 0 aliphatic carbocycles. The lowest BCUT2D eigenvalue weighted by molar-refractivity contribution is 1.12. The van der Waals surface area contributed by atoms with Gasteiger partial charge in [-0.15, -0.1) is 0 Å². The summed E-state index contributed by atoms with van der Waals surface area (Å²) in [5.74, 6) is 0.634. The number of rotatable bonds is 3. The Balaban J connectivity index is 1.92. The summed E-state index contributed by atoms with van der Waals surface area (Å²) in [6.07, 6.45) is 0. The first kappa shape index (κ1) is 12.2. The van der Waals surface area contributed by atoms with Crippen molar-refractivity contribution in [2.45, 2.75) is 6.54 Å². The number of anilines is 1. The minimum Gasteiger partial charge on any atom is -0.365 e. The number of fused-ring (bicyclic) bond motifs is 1. The Kier molecular flexibility index (Phi) is 3.30. The first-order chi connectivity index (χ1) is 9.86. The van der Waals surface area contributed by atoms with Gasteiger partial charge in [0.05, 0.1) is 11.1 Å². The maximum absolute atomic E-state index is 9.25. The molecule has 0 aliphatic rings. The van der Waals surface area contributed by atoms with Gasteiger partial charge in [0.2, 0.25) is 0 Å². The van der Waals surface area contributed by atoms with Gasteiger partial charge in [-0.05, 0) is 17.7 Å². The predicted octanol–water partition coefficient (Wildman–Crippen LogP) is 3.72. The van der Waals surface area contributed by atoms with Gasteiger partial charge in [-0.3, -0.25) is 0 Å². The van der Waals surface area contributed by atoms with Crippen LogP contribution in [0.4, 0.5) is 5.82 Å². The van der Waals surface area contributed by atoms with Crippen molar-refractivity contribution in [3.8, 4) is 6.07 Å². The molecule has 0 radical (unpaired) electrons. The van der Waals surface area contributed by atoms with E-state index in [-0.39, 0.29) is 0 Å². The number of hydrogen-bond donors (Lipinski definition) is 1. The minimum absolute atomic E-state index is 0.569. The van der Waals surface area contributed by atoms with Crippen LogP contribution in [-0.4, -0.2) is 4.98 Å². The molecule has 0 saturated heterocycles. The van der Waals surface area contributed by atoms with E-state index in [1.165, 1.54) is 0 Å². The number of nitrogens with one attached hydrogen (secondary N) is 1. The summed E-state index contributed by atoms with van der Waals surface area (Å²) in [5.41, 5.74) is 2.62. The van der Waals surface area contributed by atoms with Crippen LogP contribution in [0.3, 0.4) is 0 Å². The second kappa shape index (κ2) is 5.41. The molecule has 1 aromatic heterocycles. The number of hydrogen-bond acceptors (Lipinski definition) is 3. The zero-order chi connectivity index (χ0) is 13.8. The van der Waals surface area contributed by atoms with Gasteiger partial charge in [-0.1, -0.05) is 48.5 Å². The number of para-hydroxylation sites is 1. The summed E-state index contributed by atoms with van der Waals surface area (Å²) >= 11 is 0. The van der Waals surface area contributed by atoms with E-state index in [9.17, 15) is 5.26 Å². The molecule has 96 valence electrons. The molecule has 0 spiro atoms. The molecular weight excluding hydrogens is 246 g/mol. The Bertz CT molecular complexity index is 773. The molecule has 3 nitrogen and oxygen atoms in total. The Hall–Kier alpha value is -2.86. The van der Waals surface area contributed by atoms with E-state index in [0.29, 0.717) is 17.9 Å².